The molecule has 0 bridgehead atoms. The van der Waals surface area contributed by atoms with Gasteiger partial charge in [-0.15, -0.1) is 0 Å². The number of carbonyl (C=O) groups is 1. The van der Waals surface area contributed by atoms with Gasteiger partial charge in [-0.1, -0.05) is 85.6 Å². The summed E-state index contributed by atoms with van der Waals surface area (Å²) in [5.41, 5.74) is 3.94. The topological polar surface area (TPSA) is 62.9 Å². The molecule has 6 nitrogen and oxygen atoms in total. The van der Waals surface area contributed by atoms with Gasteiger partial charge in [0.25, 0.3) is 5.91 Å². The third-order valence-electron chi connectivity index (χ3n) is 8.94. The number of hydrogen-bond donors (Lipinski definition) is 0. The molecule has 0 unspecified atom stereocenters. The lowest BCUT2D eigenvalue weighted by Gasteiger charge is -2.29. The molecule has 48 heavy (non-hydrogen) atoms. The fourth-order valence-corrected chi connectivity index (χ4v) is 6.76. The summed E-state index contributed by atoms with van der Waals surface area (Å²) in [5.74, 6) is -0.491. The van der Waals surface area contributed by atoms with E-state index in [1.807, 2.05) is 68.5 Å². The molecule has 7 rings (SSSR count). The lowest BCUT2D eigenvalue weighted by atomic mass is 9.77. The van der Waals surface area contributed by atoms with E-state index in [9.17, 15) is 18.0 Å². The van der Waals surface area contributed by atoms with Gasteiger partial charge in [-0.25, -0.2) is 14.5 Å². The fraction of sp³-hybridized carbons (Fsp3) is 0.243. The lowest BCUT2D eigenvalue weighted by Crippen LogP contribution is -2.32. The minimum absolute atomic E-state index is 0.0910. The second kappa shape index (κ2) is 12.5. The first-order chi connectivity index (χ1) is 23.0. The van der Waals surface area contributed by atoms with E-state index in [1.54, 1.807) is 24.3 Å². The van der Waals surface area contributed by atoms with Crippen molar-refractivity contribution in [2.45, 2.75) is 51.2 Å². The van der Waals surface area contributed by atoms with E-state index >= 15 is 0 Å². The van der Waals surface area contributed by atoms with Crippen LogP contribution >= 0.6 is 23.2 Å². The molecule has 1 saturated carbocycles. The Hall–Kier alpha value is -4.47. The Morgan fingerprint density at radius 3 is 2.25 bits per heavy atom. The minimum Gasteiger partial charge on any atom is -0.265 e. The number of allylic oxidation sites excluding steroid dienone is 1. The van der Waals surface area contributed by atoms with Crippen LogP contribution < -0.4 is 0 Å². The van der Waals surface area contributed by atoms with Crippen LogP contribution in [-0.4, -0.2) is 31.2 Å². The van der Waals surface area contributed by atoms with Crippen LogP contribution in [0.5, 0.6) is 0 Å². The summed E-state index contributed by atoms with van der Waals surface area (Å²) in [4.78, 5) is 18.8. The van der Waals surface area contributed by atoms with Crippen LogP contribution in [0.3, 0.4) is 0 Å². The Bertz CT molecular complexity index is 2070. The van der Waals surface area contributed by atoms with Crippen LogP contribution in [0.1, 0.15) is 77.9 Å². The molecule has 1 aliphatic heterocycles. The van der Waals surface area contributed by atoms with Gasteiger partial charge in [-0.05, 0) is 83.9 Å². The number of nitrogens with zero attached hydrogens (tertiary/aromatic N) is 5. The highest BCUT2D eigenvalue weighted by Gasteiger charge is 2.45. The fourth-order valence-electron chi connectivity index (χ4n) is 6.51. The minimum atomic E-state index is -4.75. The van der Waals surface area contributed by atoms with Crippen molar-refractivity contribution in [1.29, 1.82) is 0 Å². The molecule has 1 amide bonds. The molecule has 3 heterocycles. The lowest BCUT2D eigenvalue weighted by molar-refractivity contribution is -0.142. The molecule has 2 aromatic heterocycles. The Kier molecular flexibility index (Phi) is 8.37. The SMILES string of the molecule is CC(C)c1ccc(-c2cc(C(F)(F)F)n3nc(C(=O)N4N=C5/C(=C\c6ccc(Cl)cc6)CCC[C@H]5[C@H]4c4ccc(Cl)cc4)cc3n2)cc1. The van der Waals surface area contributed by atoms with E-state index in [1.165, 1.54) is 11.1 Å². The standard InChI is InChI=1S/C37H30Cl2F3N5O/c1-21(2)23-8-10-24(11-9-23)30-19-32(37(40,41)42)46-33(43-30)20-31(44-46)36(48)47-35(25-12-16-28(39)17-13-25)29-5-3-4-26(34(29)45-47)18-22-6-14-27(38)15-7-22/h6-21,29,35H,3-5H2,1-2H3/b26-18-/t29-,35-/m1/s1. The molecular weight excluding hydrogens is 658 g/mol. The maximum absolute atomic E-state index is 14.4. The summed E-state index contributed by atoms with van der Waals surface area (Å²) in [5, 5.41) is 11.6. The van der Waals surface area contributed by atoms with Gasteiger partial charge in [0, 0.05) is 27.6 Å². The number of halogens is 5. The molecule has 0 N–H and O–H groups in total. The zero-order valence-corrected chi connectivity index (χ0v) is 27.6. The van der Waals surface area contributed by atoms with Crippen molar-refractivity contribution in [2.24, 2.45) is 11.0 Å². The second-order valence-electron chi connectivity index (χ2n) is 12.5. The average Bonchev–Trinajstić information content (AvgIpc) is 3.68. The first-order valence-electron chi connectivity index (χ1n) is 15.7. The number of amides is 1. The molecule has 3 aromatic carbocycles. The van der Waals surface area contributed by atoms with E-state index < -0.39 is 23.8 Å². The van der Waals surface area contributed by atoms with Crippen molar-refractivity contribution >= 4 is 46.5 Å². The summed E-state index contributed by atoms with van der Waals surface area (Å²) < 4.78 is 44.0. The van der Waals surface area contributed by atoms with E-state index in [0.29, 0.717) is 20.1 Å². The summed E-state index contributed by atoms with van der Waals surface area (Å²) in [6.45, 7) is 4.08. The third kappa shape index (κ3) is 6.13. The number of fused-ring (bicyclic) bond motifs is 2. The van der Waals surface area contributed by atoms with Crippen LogP contribution in [0.25, 0.3) is 23.0 Å². The molecule has 11 heteroatoms. The zero-order chi connectivity index (χ0) is 33.7. The van der Waals surface area contributed by atoms with Crippen molar-refractivity contribution < 1.29 is 18.0 Å². The number of rotatable bonds is 5. The highest BCUT2D eigenvalue weighted by Crippen LogP contribution is 2.45. The van der Waals surface area contributed by atoms with E-state index in [2.05, 4.69) is 10.1 Å². The summed E-state index contributed by atoms with van der Waals surface area (Å²) in [6.07, 6.45) is -0.285. The van der Waals surface area contributed by atoms with Gasteiger partial charge >= 0.3 is 6.18 Å². The number of alkyl halides is 3. The Labute approximate surface area is 285 Å². The van der Waals surface area contributed by atoms with Crippen LogP contribution in [0.2, 0.25) is 10.0 Å². The molecular formula is C37H30Cl2F3N5O. The molecule has 2 aliphatic rings. The number of benzene rings is 3. The number of hydrazone groups is 1. The third-order valence-corrected chi connectivity index (χ3v) is 9.45. The van der Waals surface area contributed by atoms with E-state index in [4.69, 9.17) is 28.3 Å². The van der Waals surface area contributed by atoms with E-state index in [0.717, 1.165) is 53.3 Å². The molecule has 1 fully saturated rings. The molecule has 2 atom stereocenters. The van der Waals surface area contributed by atoms with Crippen molar-refractivity contribution in [3.63, 3.8) is 0 Å². The maximum Gasteiger partial charge on any atom is 0.433 e. The van der Waals surface area contributed by atoms with Gasteiger partial charge < -0.3 is 0 Å². The van der Waals surface area contributed by atoms with Gasteiger partial charge in [-0.3, -0.25) is 4.79 Å². The molecule has 5 aromatic rings. The van der Waals surface area contributed by atoms with Gasteiger partial charge in [0.05, 0.1) is 17.4 Å². The largest absolute Gasteiger partial charge is 0.433 e. The van der Waals surface area contributed by atoms with Crippen LogP contribution in [0.15, 0.2) is 95.6 Å². The molecule has 244 valence electrons. The predicted molar refractivity (Wildman–Crippen MR) is 182 cm³/mol. The second-order valence-corrected chi connectivity index (χ2v) is 13.3. The number of aromatic nitrogens is 3. The highest BCUT2D eigenvalue weighted by atomic mass is 35.5. The molecule has 0 saturated heterocycles. The Balaban J connectivity index is 1.32. The summed E-state index contributed by atoms with van der Waals surface area (Å²) in [7, 11) is 0. The molecule has 0 radical (unpaired) electrons. The van der Waals surface area contributed by atoms with Gasteiger partial charge in [0.1, 0.15) is 0 Å². The van der Waals surface area contributed by atoms with Crippen LogP contribution in [-0.2, 0) is 6.18 Å². The molecule has 0 spiro atoms. The maximum atomic E-state index is 14.4. The van der Waals surface area contributed by atoms with Gasteiger partial charge in [0.2, 0.25) is 0 Å². The van der Waals surface area contributed by atoms with Gasteiger partial charge in [-0.2, -0.15) is 23.4 Å². The average molecular weight is 689 g/mol. The Morgan fingerprint density at radius 2 is 1.60 bits per heavy atom. The smallest absolute Gasteiger partial charge is 0.265 e. The predicted octanol–water partition coefficient (Wildman–Crippen LogP) is 10.3. The zero-order valence-electron chi connectivity index (χ0n) is 26.0. The van der Waals surface area contributed by atoms with Crippen LogP contribution in [0, 0.1) is 5.92 Å². The van der Waals surface area contributed by atoms with Crippen molar-refractivity contribution in [3.05, 3.63) is 129 Å². The first kappa shape index (κ1) is 32.1. The number of carbonyl (C=O) groups excluding carboxylic acids is 1. The highest BCUT2D eigenvalue weighted by molar-refractivity contribution is 6.30. The normalized spacial score (nSPS) is 18.9. The summed E-state index contributed by atoms with van der Waals surface area (Å²) >= 11 is 12.3. The first-order valence-corrected chi connectivity index (χ1v) is 16.4. The van der Waals surface area contributed by atoms with Crippen molar-refractivity contribution in [2.75, 3.05) is 0 Å². The monoisotopic (exact) mass is 687 g/mol. The van der Waals surface area contributed by atoms with Crippen molar-refractivity contribution in [1.82, 2.24) is 19.6 Å². The van der Waals surface area contributed by atoms with Crippen molar-refractivity contribution in [3.8, 4) is 11.3 Å². The van der Waals surface area contributed by atoms with Crippen LogP contribution in [0.4, 0.5) is 13.2 Å². The van der Waals surface area contributed by atoms with Gasteiger partial charge in [0.15, 0.2) is 17.0 Å². The molecule has 1 aliphatic carbocycles. The van der Waals surface area contributed by atoms with E-state index in [-0.39, 0.29) is 28.9 Å². The quantitative estimate of drug-likeness (QED) is 0.185. The summed E-state index contributed by atoms with van der Waals surface area (Å²) in [6, 6.07) is 23.7. The number of hydrogen-bond acceptors (Lipinski definition) is 4. The Morgan fingerprint density at radius 1 is 0.938 bits per heavy atom.